The molecule has 0 spiro atoms. The highest BCUT2D eigenvalue weighted by Gasteiger charge is 2.06. The number of hydrogen-bond donors (Lipinski definition) is 0. The van der Waals surface area contributed by atoms with E-state index >= 15 is 0 Å². The van der Waals surface area contributed by atoms with Gasteiger partial charge in [0, 0.05) is 19.6 Å². The van der Waals surface area contributed by atoms with E-state index < -0.39 is 0 Å². The highest BCUT2D eigenvalue weighted by molar-refractivity contribution is 5.14. The van der Waals surface area contributed by atoms with Gasteiger partial charge in [0.05, 0.1) is 66.1 Å². The summed E-state index contributed by atoms with van der Waals surface area (Å²) in [6.45, 7) is 9.02. The first kappa shape index (κ1) is 21.3. The Morgan fingerprint density at radius 1 is 0.577 bits per heavy atom. The van der Waals surface area contributed by atoms with Crippen LogP contribution in [-0.4, -0.2) is 90.6 Å². The Morgan fingerprint density at radius 2 is 1.00 bits per heavy atom. The molecule has 1 aliphatic rings. The van der Waals surface area contributed by atoms with Crippen molar-refractivity contribution in [2.75, 3.05) is 85.7 Å². The van der Waals surface area contributed by atoms with Gasteiger partial charge in [-0.15, -0.1) is 0 Å². The number of benzene rings is 1. The van der Waals surface area contributed by atoms with Crippen LogP contribution in [0.5, 0.6) is 0 Å². The molecule has 1 saturated heterocycles. The molecular weight excluding hydrogens is 334 g/mol. The van der Waals surface area contributed by atoms with Crippen molar-refractivity contribution in [3.05, 3.63) is 35.9 Å². The van der Waals surface area contributed by atoms with Gasteiger partial charge in [0.1, 0.15) is 0 Å². The van der Waals surface area contributed by atoms with Gasteiger partial charge in [-0.2, -0.15) is 0 Å². The summed E-state index contributed by atoms with van der Waals surface area (Å²) >= 11 is 0. The minimum Gasteiger partial charge on any atom is -0.378 e. The molecular formula is C20H33NO5. The van der Waals surface area contributed by atoms with Crippen molar-refractivity contribution in [1.82, 2.24) is 4.90 Å². The maximum Gasteiger partial charge on any atom is 0.0701 e. The molecule has 148 valence electrons. The maximum atomic E-state index is 5.69. The predicted octanol–water partition coefficient (Wildman–Crippen LogP) is 1.63. The van der Waals surface area contributed by atoms with Crippen LogP contribution in [0.25, 0.3) is 0 Å². The number of ether oxygens (including phenoxy) is 5. The van der Waals surface area contributed by atoms with Crippen molar-refractivity contribution in [2.24, 2.45) is 0 Å². The van der Waals surface area contributed by atoms with E-state index in [1.165, 1.54) is 5.56 Å². The molecule has 6 heteroatoms. The minimum absolute atomic E-state index is 0.590. The van der Waals surface area contributed by atoms with Crippen molar-refractivity contribution < 1.29 is 23.7 Å². The SMILES string of the molecule is c1ccc(CCN2CCOCCOCCOCCOCCOCC2)cc1. The number of hydrogen-bond acceptors (Lipinski definition) is 6. The maximum absolute atomic E-state index is 5.69. The summed E-state index contributed by atoms with van der Waals surface area (Å²) < 4.78 is 27.8. The van der Waals surface area contributed by atoms with E-state index in [0.717, 1.165) is 26.1 Å². The minimum atomic E-state index is 0.590. The van der Waals surface area contributed by atoms with Gasteiger partial charge in [-0.3, -0.25) is 4.90 Å². The Labute approximate surface area is 157 Å². The molecule has 0 radical (unpaired) electrons. The summed E-state index contributed by atoms with van der Waals surface area (Å²) in [6.07, 6.45) is 1.03. The Kier molecular flexibility index (Phi) is 12.3. The smallest absolute Gasteiger partial charge is 0.0701 e. The molecule has 0 aromatic heterocycles. The summed E-state index contributed by atoms with van der Waals surface area (Å²) in [5.74, 6) is 0. The summed E-state index contributed by atoms with van der Waals surface area (Å²) in [6, 6.07) is 10.6. The molecule has 0 aliphatic carbocycles. The lowest BCUT2D eigenvalue weighted by molar-refractivity contribution is -0.0184. The van der Waals surface area contributed by atoms with Gasteiger partial charge in [-0.1, -0.05) is 30.3 Å². The second-order valence-corrected chi connectivity index (χ2v) is 6.14. The van der Waals surface area contributed by atoms with Crippen LogP contribution in [0.1, 0.15) is 5.56 Å². The van der Waals surface area contributed by atoms with Crippen molar-refractivity contribution in [2.45, 2.75) is 6.42 Å². The Hall–Kier alpha value is -1.02. The zero-order valence-corrected chi connectivity index (χ0v) is 15.8. The van der Waals surface area contributed by atoms with Crippen LogP contribution >= 0.6 is 0 Å². The first-order valence-electron chi connectivity index (χ1n) is 9.60. The lowest BCUT2D eigenvalue weighted by Gasteiger charge is -2.22. The average molecular weight is 367 g/mol. The van der Waals surface area contributed by atoms with Crippen LogP contribution in [0.4, 0.5) is 0 Å². The molecule has 0 saturated carbocycles. The summed E-state index contributed by atoms with van der Waals surface area (Å²) in [4.78, 5) is 2.39. The first-order valence-corrected chi connectivity index (χ1v) is 9.60. The van der Waals surface area contributed by atoms with E-state index in [0.29, 0.717) is 66.1 Å². The zero-order chi connectivity index (χ0) is 18.1. The van der Waals surface area contributed by atoms with Crippen molar-refractivity contribution >= 4 is 0 Å². The Balaban J connectivity index is 1.70. The molecule has 1 aromatic carbocycles. The molecule has 2 rings (SSSR count). The topological polar surface area (TPSA) is 49.4 Å². The van der Waals surface area contributed by atoms with Crippen LogP contribution in [0.15, 0.2) is 30.3 Å². The molecule has 0 unspecified atom stereocenters. The van der Waals surface area contributed by atoms with Gasteiger partial charge in [-0.25, -0.2) is 0 Å². The molecule has 26 heavy (non-hydrogen) atoms. The van der Waals surface area contributed by atoms with Gasteiger partial charge in [0.25, 0.3) is 0 Å². The number of rotatable bonds is 3. The second-order valence-electron chi connectivity index (χ2n) is 6.14. The Bertz CT molecular complexity index is 413. The van der Waals surface area contributed by atoms with E-state index in [9.17, 15) is 0 Å². The molecule has 1 heterocycles. The van der Waals surface area contributed by atoms with Crippen LogP contribution in [0.2, 0.25) is 0 Å². The van der Waals surface area contributed by atoms with E-state index in [1.54, 1.807) is 0 Å². The first-order chi connectivity index (χ1) is 12.9. The van der Waals surface area contributed by atoms with Gasteiger partial charge >= 0.3 is 0 Å². The highest BCUT2D eigenvalue weighted by Crippen LogP contribution is 2.02. The van der Waals surface area contributed by atoms with Crippen LogP contribution in [0, 0.1) is 0 Å². The molecule has 0 N–H and O–H groups in total. The molecule has 1 aliphatic heterocycles. The van der Waals surface area contributed by atoms with Crippen LogP contribution in [-0.2, 0) is 30.1 Å². The largest absolute Gasteiger partial charge is 0.378 e. The molecule has 0 bridgehead atoms. The summed E-state index contributed by atoms with van der Waals surface area (Å²) in [5, 5.41) is 0. The monoisotopic (exact) mass is 367 g/mol. The molecule has 0 atom stereocenters. The summed E-state index contributed by atoms with van der Waals surface area (Å²) in [7, 11) is 0. The van der Waals surface area contributed by atoms with Crippen molar-refractivity contribution in [3.8, 4) is 0 Å². The van der Waals surface area contributed by atoms with Gasteiger partial charge in [0.15, 0.2) is 0 Å². The van der Waals surface area contributed by atoms with Crippen molar-refractivity contribution in [1.29, 1.82) is 0 Å². The fourth-order valence-corrected chi connectivity index (χ4v) is 2.64. The van der Waals surface area contributed by atoms with E-state index in [1.807, 2.05) is 0 Å². The van der Waals surface area contributed by atoms with Gasteiger partial charge in [-0.05, 0) is 12.0 Å². The average Bonchev–Trinajstić information content (AvgIpc) is 2.68. The third-order valence-electron chi connectivity index (χ3n) is 4.15. The quantitative estimate of drug-likeness (QED) is 0.809. The molecule has 1 aromatic rings. The third kappa shape index (κ3) is 10.9. The predicted molar refractivity (Wildman–Crippen MR) is 101 cm³/mol. The van der Waals surface area contributed by atoms with Crippen molar-refractivity contribution in [3.63, 3.8) is 0 Å². The van der Waals surface area contributed by atoms with Gasteiger partial charge < -0.3 is 23.7 Å². The zero-order valence-electron chi connectivity index (χ0n) is 15.8. The fourth-order valence-electron chi connectivity index (χ4n) is 2.64. The molecule has 1 fully saturated rings. The standard InChI is InChI=1S/C20H33NO5/c1-2-4-20(5-3-1)6-7-21-8-10-22-12-14-24-16-18-26-19-17-25-15-13-23-11-9-21/h1-5H,6-19H2. The highest BCUT2D eigenvalue weighted by atomic mass is 16.6. The molecule has 0 amide bonds. The van der Waals surface area contributed by atoms with E-state index in [-0.39, 0.29) is 0 Å². The van der Waals surface area contributed by atoms with E-state index in [2.05, 4.69) is 35.2 Å². The lowest BCUT2D eigenvalue weighted by atomic mass is 10.1. The van der Waals surface area contributed by atoms with Crippen LogP contribution in [0.3, 0.4) is 0 Å². The van der Waals surface area contributed by atoms with Crippen LogP contribution < -0.4 is 0 Å². The normalized spacial score (nSPS) is 20.9. The Morgan fingerprint density at radius 3 is 1.46 bits per heavy atom. The third-order valence-corrected chi connectivity index (χ3v) is 4.15. The summed E-state index contributed by atoms with van der Waals surface area (Å²) in [5.41, 5.74) is 1.36. The second kappa shape index (κ2) is 15.1. The molecule has 6 nitrogen and oxygen atoms in total. The van der Waals surface area contributed by atoms with Gasteiger partial charge in [0.2, 0.25) is 0 Å². The lowest BCUT2D eigenvalue weighted by Crippen LogP contribution is -2.33. The fraction of sp³-hybridized carbons (Fsp3) is 0.700. The number of nitrogens with zero attached hydrogens (tertiary/aromatic N) is 1. The van der Waals surface area contributed by atoms with E-state index in [4.69, 9.17) is 23.7 Å².